The minimum absolute atomic E-state index is 0.229. The molecule has 1 fully saturated rings. The average Bonchev–Trinajstić information content (AvgIpc) is 2.68. The van der Waals surface area contributed by atoms with Crippen molar-refractivity contribution in [3.63, 3.8) is 0 Å². The molecule has 2 heterocycles. The lowest BCUT2D eigenvalue weighted by molar-refractivity contribution is -0.128. The summed E-state index contributed by atoms with van der Waals surface area (Å²) in [5.41, 5.74) is -0.110. The van der Waals surface area contributed by atoms with E-state index in [2.05, 4.69) is 30.7 Å². The minimum Gasteiger partial charge on any atom is -0.387 e. The number of ether oxygens (including phenoxy) is 1. The predicted octanol–water partition coefficient (Wildman–Crippen LogP) is 3.39. The van der Waals surface area contributed by atoms with Crippen molar-refractivity contribution in [1.29, 1.82) is 0 Å². The van der Waals surface area contributed by atoms with Gasteiger partial charge in [-0.05, 0) is 62.9 Å². The van der Waals surface area contributed by atoms with E-state index in [0.29, 0.717) is 6.42 Å². The highest BCUT2D eigenvalue weighted by atomic mass is 32.1. The molecule has 2 nitrogen and oxygen atoms in total. The normalized spacial score (nSPS) is 30.6. The van der Waals surface area contributed by atoms with E-state index < -0.39 is 11.2 Å². The first-order valence-corrected chi connectivity index (χ1v) is 7.12. The molecule has 0 radical (unpaired) electrons. The molecule has 17 heavy (non-hydrogen) atoms. The van der Waals surface area contributed by atoms with Gasteiger partial charge in [0.25, 0.3) is 0 Å². The molecule has 1 N–H and O–H groups in total. The van der Waals surface area contributed by atoms with Crippen LogP contribution in [0, 0.1) is 0 Å². The van der Waals surface area contributed by atoms with E-state index in [-0.39, 0.29) is 5.60 Å². The number of thiophene rings is 1. The second-order valence-corrected chi connectivity index (χ2v) is 6.99. The fourth-order valence-corrected chi connectivity index (χ4v) is 3.62. The summed E-state index contributed by atoms with van der Waals surface area (Å²) < 4.78 is 5.97. The molecule has 1 aliphatic rings. The second kappa shape index (κ2) is 4.08. The molecule has 1 aromatic rings. The molecule has 3 heteroatoms. The molecular formula is C14H22O2S. The van der Waals surface area contributed by atoms with Crippen molar-refractivity contribution >= 4 is 11.3 Å². The Morgan fingerprint density at radius 2 is 2.06 bits per heavy atom. The van der Waals surface area contributed by atoms with Gasteiger partial charge in [-0.3, -0.25) is 0 Å². The maximum Gasteiger partial charge on any atom is 0.0961 e. The fraction of sp³-hybridized carbons (Fsp3) is 0.714. The fourth-order valence-electron chi connectivity index (χ4n) is 2.91. The van der Waals surface area contributed by atoms with E-state index in [4.69, 9.17) is 4.74 Å². The van der Waals surface area contributed by atoms with Gasteiger partial charge >= 0.3 is 0 Å². The maximum atomic E-state index is 10.8. The Hall–Kier alpha value is -0.380. The van der Waals surface area contributed by atoms with Crippen molar-refractivity contribution in [2.24, 2.45) is 0 Å². The Bertz CT molecular complexity index is 381. The number of hydrogen-bond acceptors (Lipinski definition) is 3. The predicted molar refractivity (Wildman–Crippen MR) is 71.4 cm³/mol. The number of aryl methyl sites for hydroxylation is 1. The van der Waals surface area contributed by atoms with Crippen molar-refractivity contribution in [3.8, 4) is 0 Å². The summed E-state index contributed by atoms with van der Waals surface area (Å²) in [6.45, 7) is 8.10. The van der Waals surface area contributed by atoms with Gasteiger partial charge in [-0.2, -0.15) is 11.3 Å². The van der Waals surface area contributed by atoms with E-state index in [1.807, 2.05) is 13.8 Å². The molecule has 96 valence electrons. The van der Waals surface area contributed by atoms with Crippen molar-refractivity contribution in [2.75, 3.05) is 0 Å². The molecule has 0 amide bonds. The average molecular weight is 254 g/mol. The van der Waals surface area contributed by atoms with Gasteiger partial charge in [0.2, 0.25) is 0 Å². The highest BCUT2D eigenvalue weighted by molar-refractivity contribution is 7.07. The minimum atomic E-state index is -0.724. The Morgan fingerprint density at radius 1 is 1.35 bits per heavy atom. The molecule has 1 aromatic heterocycles. The molecular weight excluding hydrogens is 232 g/mol. The standard InChI is InChI=1S/C14H22O2S/c1-12(2)10-14(15,13(3,4)16-12)7-5-11-6-8-17-9-11/h6,8-9,15H,5,7,10H2,1-4H3. The lowest BCUT2D eigenvalue weighted by Crippen LogP contribution is -2.46. The van der Waals surface area contributed by atoms with Crippen LogP contribution in [0.5, 0.6) is 0 Å². The summed E-state index contributed by atoms with van der Waals surface area (Å²) >= 11 is 1.71. The number of hydrogen-bond donors (Lipinski definition) is 1. The molecule has 0 aliphatic carbocycles. The summed E-state index contributed by atoms with van der Waals surface area (Å²) in [6.07, 6.45) is 2.39. The van der Waals surface area contributed by atoms with Crippen LogP contribution in [0.1, 0.15) is 46.1 Å². The monoisotopic (exact) mass is 254 g/mol. The van der Waals surface area contributed by atoms with E-state index >= 15 is 0 Å². The van der Waals surface area contributed by atoms with Crippen LogP contribution in [0.3, 0.4) is 0 Å². The molecule has 1 atom stereocenters. The van der Waals surface area contributed by atoms with Crippen molar-refractivity contribution in [3.05, 3.63) is 22.4 Å². The molecule has 0 bridgehead atoms. The third-order valence-electron chi connectivity index (χ3n) is 3.78. The first-order valence-electron chi connectivity index (χ1n) is 6.18. The summed E-state index contributed by atoms with van der Waals surface area (Å²) in [7, 11) is 0. The highest BCUT2D eigenvalue weighted by Gasteiger charge is 2.55. The van der Waals surface area contributed by atoms with Crippen LogP contribution in [0.15, 0.2) is 16.8 Å². The zero-order chi connectivity index (χ0) is 12.7. The largest absolute Gasteiger partial charge is 0.387 e. The summed E-state index contributed by atoms with van der Waals surface area (Å²) in [4.78, 5) is 0. The van der Waals surface area contributed by atoms with Gasteiger partial charge in [0.1, 0.15) is 0 Å². The molecule has 0 aromatic carbocycles. The van der Waals surface area contributed by atoms with E-state index in [0.717, 1.165) is 12.8 Å². The lowest BCUT2D eigenvalue weighted by atomic mass is 9.78. The molecule has 1 unspecified atom stereocenters. The number of rotatable bonds is 3. The van der Waals surface area contributed by atoms with Crippen molar-refractivity contribution < 1.29 is 9.84 Å². The Balaban J connectivity index is 2.08. The first-order chi connectivity index (χ1) is 7.74. The van der Waals surface area contributed by atoms with Crippen LogP contribution in [0.2, 0.25) is 0 Å². The molecule has 0 spiro atoms. The van der Waals surface area contributed by atoms with Gasteiger partial charge in [0.05, 0.1) is 16.8 Å². The van der Waals surface area contributed by atoms with Crippen LogP contribution < -0.4 is 0 Å². The topological polar surface area (TPSA) is 29.5 Å². The van der Waals surface area contributed by atoms with E-state index in [1.54, 1.807) is 11.3 Å². The maximum absolute atomic E-state index is 10.8. The zero-order valence-electron chi connectivity index (χ0n) is 11.1. The Kier molecular flexibility index (Phi) is 3.13. The number of aliphatic hydroxyl groups is 1. The van der Waals surface area contributed by atoms with Crippen molar-refractivity contribution in [2.45, 2.75) is 63.8 Å². The van der Waals surface area contributed by atoms with Gasteiger partial charge in [-0.15, -0.1) is 0 Å². The van der Waals surface area contributed by atoms with Gasteiger partial charge in [-0.1, -0.05) is 0 Å². The highest BCUT2D eigenvalue weighted by Crippen LogP contribution is 2.47. The smallest absolute Gasteiger partial charge is 0.0961 e. The quantitative estimate of drug-likeness (QED) is 0.896. The van der Waals surface area contributed by atoms with Gasteiger partial charge < -0.3 is 9.84 Å². The third-order valence-corrected chi connectivity index (χ3v) is 4.51. The van der Waals surface area contributed by atoms with Crippen molar-refractivity contribution in [1.82, 2.24) is 0 Å². The summed E-state index contributed by atoms with van der Waals surface area (Å²) in [5.74, 6) is 0. The van der Waals surface area contributed by atoms with Gasteiger partial charge in [0, 0.05) is 6.42 Å². The molecule has 1 aliphatic heterocycles. The van der Waals surface area contributed by atoms with E-state index in [1.165, 1.54) is 5.56 Å². The Labute approximate surface area is 108 Å². The SMILES string of the molecule is CC1(C)CC(O)(CCc2ccsc2)C(C)(C)O1. The lowest BCUT2D eigenvalue weighted by Gasteiger charge is -2.35. The molecule has 1 saturated heterocycles. The molecule has 2 rings (SSSR count). The second-order valence-electron chi connectivity index (χ2n) is 6.21. The van der Waals surface area contributed by atoms with Crippen LogP contribution in [0.25, 0.3) is 0 Å². The first kappa shape index (κ1) is 13.1. The van der Waals surface area contributed by atoms with Crippen LogP contribution in [0.4, 0.5) is 0 Å². The molecule has 0 saturated carbocycles. The van der Waals surface area contributed by atoms with Gasteiger partial charge in [-0.25, -0.2) is 0 Å². The van der Waals surface area contributed by atoms with Crippen LogP contribution in [-0.2, 0) is 11.2 Å². The third kappa shape index (κ3) is 2.56. The summed E-state index contributed by atoms with van der Waals surface area (Å²) in [6, 6.07) is 2.13. The van der Waals surface area contributed by atoms with Crippen LogP contribution >= 0.6 is 11.3 Å². The Morgan fingerprint density at radius 3 is 2.53 bits per heavy atom. The summed E-state index contributed by atoms with van der Waals surface area (Å²) in [5, 5.41) is 15.1. The van der Waals surface area contributed by atoms with Crippen LogP contribution in [-0.4, -0.2) is 21.9 Å². The van der Waals surface area contributed by atoms with Gasteiger partial charge in [0.15, 0.2) is 0 Å². The van der Waals surface area contributed by atoms with E-state index in [9.17, 15) is 5.11 Å². The zero-order valence-corrected chi connectivity index (χ0v) is 11.9.